The molecule has 1 N–H and O–H groups in total. The molecule has 0 saturated carbocycles. The molecule has 1 aliphatic rings. The Labute approximate surface area is 149 Å². The molecule has 6 heteroatoms. The van der Waals surface area contributed by atoms with E-state index in [9.17, 15) is 14.7 Å². The van der Waals surface area contributed by atoms with Crippen LogP contribution in [-0.4, -0.2) is 58.7 Å². The fourth-order valence-corrected chi connectivity index (χ4v) is 2.83. The van der Waals surface area contributed by atoms with Crippen LogP contribution in [0.25, 0.3) is 0 Å². The topological polar surface area (TPSA) is 70.1 Å². The van der Waals surface area contributed by atoms with E-state index in [1.807, 2.05) is 45.9 Å². The fraction of sp³-hybridized carbons (Fsp3) is 0.579. The molecule has 2 atom stereocenters. The standard InChI is InChI=1S/C19H28N2O4/c1-5-15(4)20-9-8-18(23)21(19(20)24)11-16(22)12-25-17-10-13(2)6-7-14(17)3/h6-7,10,15-16,22H,5,8-9,11-12H2,1-4H3/t15-,16+/m1/s1. The van der Waals surface area contributed by atoms with Gasteiger partial charge in [-0.15, -0.1) is 0 Å². The molecule has 1 aromatic rings. The van der Waals surface area contributed by atoms with Crippen molar-refractivity contribution < 1.29 is 19.4 Å². The van der Waals surface area contributed by atoms with Crippen molar-refractivity contribution in [1.82, 2.24) is 9.80 Å². The average Bonchev–Trinajstić information content (AvgIpc) is 2.58. The van der Waals surface area contributed by atoms with Gasteiger partial charge < -0.3 is 14.7 Å². The smallest absolute Gasteiger partial charge is 0.327 e. The number of urea groups is 1. The summed E-state index contributed by atoms with van der Waals surface area (Å²) < 4.78 is 5.67. The first-order valence-electron chi connectivity index (χ1n) is 8.82. The van der Waals surface area contributed by atoms with Gasteiger partial charge in [0.1, 0.15) is 18.5 Å². The maximum atomic E-state index is 12.5. The first-order chi connectivity index (χ1) is 11.8. The third kappa shape index (κ3) is 4.72. The second-order valence-electron chi connectivity index (χ2n) is 6.72. The number of hydrogen-bond acceptors (Lipinski definition) is 4. The first-order valence-corrected chi connectivity index (χ1v) is 8.82. The van der Waals surface area contributed by atoms with Crippen LogP contribution < -0.4 is 4.74 Å². The number of benzene rings is 1. The van der Waals surface area contributed by atoms with E-state index in [1.165, 1.54) is 0 Å². The van der Waals surface area contributed by atoms with Crippen molar-refractivity contribution in [2.45, 2.75) is 52.7 Å². The van der Waals surface area contributed by atoms with Crippen LogP contribution in [0.5, 0.6) is 5.75 Å². The van der Waals surface area contributed by atoms with Gasteiger partial charge in [-0.25, -0.2) is 4.79 Å². The number of β-amino-alcohol motifs (C(OH)–C–C–N with tert-alkyl or cyclic N) is 1. The normalized spacial score (nSPS) is 17.6. The molecular formula is C19H28N2O4. The minimum Gasteiger partial charge on any atom is -0.491 e. The summed E-state index contributed by atoms with van der Waals surface area (Å²) in [5, 5.41) is 10.3. The van der Waals surface area contributed by atoms with E-state index < -0.39 is 6.10 Å². The van der Waals surface area contributed by atoms with Crippen molar-refractivity contribution in [2.75, 3.05) is 19.7 Å². The highest BCUT2D eigenvalue weighted by molar-refractivity contribution is 5.97. The SMILES string of the molecule is CC[C@@H](C)N1CCC(=O)N(C[C@H](O)COc2cc(C)ccc2C)C1=O. The quantitative estimate of drug-likeness (QED) is 0.822. The zero-order chi connectivity index (χ0) is 18.6. The minimum atomic E-state index is -0.926. The van der Waals surface area contributed by atoms with Crippen molar-refractivity contribution in [3.8, 4) is 5.75 Å². The number of carbonyl (C=O) groups excluding carboxylic acids is 2. The van der Waals surface area contributed by atoms with Gasteiger partial charge in [-0.3, -0.25) is 9.69 Å². The van der Waals surface area contributed by atoms with Gasteiger partial charge >= 0.3 is 6.03 Å². The Hall–Kier alpha value is -2.08. The number of imide groups is 1. The molecule has 138 valence electrons. The Bertz CT molecular complexity index is 632. The molecule has 1 heterocycles. The number of rotatable bonds is 7. The highest BCUT2D eigenvalue weighted by atomic mass is 16.5. The minimum absolute atomic E-state index is 0.0324. The summed E-state index contributed by atoms with van der Waals surface area (Å²) in [6, 6.07) is 5.61. The van der Waals surface area contributed by atoms with Crippen LogP contribution in [-0.2, 0) is 4.79 Å². The zero-order valence-electron chi connectivity index (χ0n) is 15.5. The summed E-state index contributed by atoms with van der Waals surface area (Å²) in [6.07, 6.45) is 0.192. The van der Waals surface area contributed by atoms with Gasteiger partial charge in [-0.1, -0.05) is 19.1 Å². The molecule has 1 aliphatic heterocycles. The van der Waals surface area contributed by atoms with Crippen molar-refractivity contribution in [2.24, 2.45) is 0 Å². The summed E-state index contributed by atoms with van der Waals surface area (Å²) in [7, 11) is 0. The molecular weight excluding hydrogens is 320 g/mol. The highest BCUT2D eigenvalue weighted by Gasteiger charge is 2.35. The second kappa shape index (κ2) is 8.34. The molecule has 0 spiro atoms. The number of aliphatic hydroxyl groups is 1. The Kier molecular flexibility index (Phi) is 6.42. The summed E-state index contributed by atoms with van der Waals surface area (Å²) >= 11 is 0. The van der Waals surface area contributed by atoms with Crippen LogP contribution >= 0.6 is 0 Å². The van der Waals surface area contributed by atoms with Crippen LogP contribution in [0, 0.1) is 13.8 Å². The third-order valence-electron chi connectivity index (χ3n) is 4.64. The van der Waals surface area contributed by atoms with E-state index in [0.29, 0.717) is 18.7 Å². The molecule has 0 radical (unpaired) electrons. The first kappa shape index (κ1) is 19.2. The zero-order valence-corrected chi connectivity index (χ0v) is 15.5. The second-order valence-corrected chi connectivity index (χ2v) is 6.72. The third-order valence-corrected chi connectivity index (χ3v) is 4.64. The molecule has 0 bridgehead atoms. The Morgan fingerprint density at radius 3 is 2.68 bits per heavy atom. The number of amides is 3. The number of aryl methyl sites for hydroxylation is 2. The van der Waals surface area contributed by atoms with Gasteiger partial charge in [0, 0.05) is 19.0 Å². The van der Waals surface area contributed by atoms with Crippen LogP contribution in [0.4, 0.5) is 4.79 Å². The molecule has 6 nitrogen and oxygen atoms in total. The molecule has 1 aromatic carbocycles. The van der Waals surface area contributed by atoms with Gasteiger partial charge in [0.05, 0.1) is 6.54 Å². The van der Waals surface area contributed by atoms with Crippen LogP contribution in [0.15, 0.2) is 18.2 Å². The number of carbonyl (C=O) groups is 2. The lowest BCUT2D eigenvalue weighted by Crippen LogP contribution is -2.56. The monoisotopic (exact) mass is 348 g/mol. The Balaban J connectivity index is 1.96. The number of ether oxygens (including phenoxy) is 1. The van der Waals surface area contributed by atoms with E-state index in [2.05, 4.69) is 0 Å². The summed E-state index contributed by atoms with van der Waals surface area (Å²) in [4.78, 5) is 27.5. The van der Waals surface area contributed by atoms with Gasteiger partial charge in [0.2, 0.25) is 5.91 Å². The van der Waals surface area contributed by atoms with Crippen molar-refractivity contribution in [1.29, 1.82) is 0 Å². The van der Waals surface area contributed by atoms with E-state index in [4.69, 9.17) is 4.74 Å². The predicted octanol–water partition coefficient (Wildman–Crippen LogP) is 2.50. The number of nitrogens with zero attached hydrogens (tertiary/aromatic N) is 2. The average molecular weight is 348 g/mol. The predicted molar refractivity (Wildman–Crippen MR) is 95.6 cm³/mol. The lowest BCUT2D eigenvalue weighted by molar-refractivity contribution is -0.132. The van der Waals surface area contributed by atoms with Crippen LogP contribution in [0.1, 0.15) is 37.8 Å². The van der Waals surface area contributed by atoms with Gasteiger partial charge in [-0.05, 0) is 44.4 Å². The number of aliphatic hydroxyl groups excluding tert-OH is 1. The fourth-order valence-electron chi connectivity index (χ4n) is 2.83. The molecule has 1 fully saturated rings. The molecule has 3 amide bonds. The van der Waals surface area contributed by atoms with E-state index in [1.54, 1.807) is 4.90 Å². The van der Waals surface area contributed by atoms with Gasteiger partial charge in [0.15, 0.2) is 0 Å². The lowest BCUT2D eigenvalue weighted by Gasteiger charge is -2.38. The summed E-state index contributed by atoms with van der Waals surface area (Å²) in [6.45, 7) is 8.30. The van der Waals surface area contributed by atoms with Crippen molar-refractivity contribution in [3.63, 3.8) is 0 Å². The van der Waals surface area contributed by atoms with Gasteiger partial charge in [0.25, 0.3) is 0 Å². The van der Waals surface area contributed by atoms with Crippen LogP contribution in [0.2, 0.25) is 0 Å². The van der Waals surface area contributed by atoms with E-state index >= 15 is 0 Å². The van der Waals surface area contributed by atoms with Crippen molar-refractivity contribution >= 4 is 11.9 Å². The molecule has 25 heavy (non-hydrogen) atoms. The molecule has 0 aromatic heterocycles. The largest absolute Gasteiger partial charge is 0.491 e. The molecule has 0 aliphatic carbocycles. The summed E-state index contributed by atoms with van der Waals surface area (Å²) in [5.41, 5.74) is 2.05. The Morgan fingerprint density at radius 1 is 1.28 bits per heavy atom. The molecule has 2 rings (SSSR count). The maximum Gasteiger partial charge on any atom is 0.327 e. The molecule has 1 saturated heterocycles. The van der Waals surface area contributed by atoms with E-state index in [0.717, 1.165) is 22.4 Å². The maximum absolute atomic E-state index is 12.5. The number of hydrogen-bond donors (Lipinski definition) is 1. The summed E-state index contributed by atoms with van der Waals surface area (Å²) in [5.74, 6) is 0.465. The lowest BCUT2D eigenvalue weighted by atomic mass is 10.1. The van der Waals surface area contributed by atoms with Gasteiger partial charge in [-0.2, -0.15) is 0 Å². The Morgan fingerprint density at radius 2 is 2.00 bits per heavy atom. The van der Waals surface area contributed by atoms with Crippen LogP contribution in [0.3, 0.4) is 0 Å². The van der Waals surface area contributed by atoms with Crippen molar-refractivity contribution in [3.05, 3.63) is 29.3 Å². The van der Waals surface area contributed by atoms with E-state index in [-0.39, 0.29) is 31.1 Å². The highest BCUT2D eigenvalue weighted by Crippen LogP contribution is 2.20. The molecule has 0 unspecified atom stereocenters.